The zero-order valence-electron chi connectivity index (χ0n) is 14.1. The minimum atomic E-state index is -4.77. The topological polar surface area (TPSA) is 47.9 Å². The van der Waals surface area contributed by atoms with Crippen molar-refractivity contribution in [1.82, 2.24) is 0 Å². The molecule has 4 nitrogen and oxygen atoms in total. The van der Waals surface area contributed by atoms with Gasteiger partial charge < -0.3 is 9.57 Å². The van der Waals surface area contributed by atoms with Gasteiger partial charge in [-0.05, 0) is 52.9 Å². The minimum absolute atomic E-state index is 0.0557. The van der Waals surface area contributed by atoms with Crippen LogP contribution in [0.25, 0.3) is 0 Å². The van der Waals surface area contributed by atoms with Crippen LogP contribution in [-0.4, -0.2) is 25.0 Å². The van der Waals surface area contributed by atoms with Crippen molar-refractivity contribution in [3.8, 4) is 0 Å². The van der Waals surface area contributed by atoms with E-state index in [4.69, 9.17) is 28.0 Å². The smallest absolute Gasteiger partial charge is 0.435 e. The fourth-order valence-corrected chi connectivity index (χ4v) is 4.08. The van der Waals surface area contributed by atoms with Crippen molar-refractivity contribution in [3.05, 3.63) is 66.7 Å². The first-order chi connectivity index (χ1) is 13.1. The van der Waals surface area contributed by atoms with E-state index in [-0.39, 0.29) is 21.3 Å². The first-order valence-corrected chi connectivity index (χ1v) is 9.57. The molecule has 148 valence electrons. The molecule has 2 aromatic rings. The normalized spacial score (nSPS) is 19.2. The highest BCUT2D eigenvalue weighted by Gasteiger charge is 2.62. The van der Waals surface area contributed by atoms with Gasteiger partial charge in [-0.25, -0.2) is 4.79 Å². The number of esters is 1. The SMILES string of the molecule is COC(=O)c1ccc(C2=NOC(c3cc(Cl)cc(Cl)c3)(C(F)(F)F)C2)cc1I. The minimum Gasteiger partial charge on any atom is -0.465 e. The van der Waals surface area contributed by atoms with E-state index < -0.39 is 24.2 Å². The number of hydrogen-bond acceptors (Lipinski definition) is 4. The third-order valence-electron chi connectivity index (χ3n) is 4.22. The van der Waals surface area contributed by atoms with Gasteiger partial charge in [-0.3, -0.25) is 0 Å². The van der Waals surface area contributed by atoms with Crippen LogP contribution in [0, 0.1) is 3.57 Å². The number of oxime groups is 1. The summed E-state index contributed by atoms with van der Waals surface area (Å²) in [6.45, 7) is 0. The van der Waals surface area contributed by atoms with Crippen molar-refractivity contribution in [1.29, 1.82) is 0 Å². The van der Waals surface area contributed by atoms with Crippen molar-refractivity contribution in [2.24, 2.45) is 5.16 Å². The third kappa shape index (κ3) is 3.81. The molecule has 28 heavy (non-hydrogen) atoms. The molecule has 1 atom stereocenters. The van der Waals surface area contributed by atoms with E-state index in [1.165, 1.54) is 25.3 Å². The molecule has 0 bridgehead atoms. The Morgan fingerprint density at radius 1 is 1.21 bits per heavy atom. The van der Waals surface area contributed by atoms with Crippen LogP contribution in [0.3, 0.4) is 0 Å². The number of methoxy groups -OCH3 is 1. The Bertz CT molecular complexity index is 961. The fraction of sp³-hybridized carbons (Fsp3) is 0.222. The summed E-state index contributed by atoms with van der Waals surface area (Å²) in [6, 6.07) is 8.16. The molecule has 0 aromatic heterocycles. The van der Waals surface area contributed by atoms with Crippen LogP contribution in [0.1, 0.15) is 27.9 Å². The average Bonchev–Trinajstić information content (AvgIpc) is 3.07. The van der Waals surface area contributed by atoms with Crippen LogP contribution in [0.15, 0.2) is 41.6 Å². The van der Waals surface area contributed by atoms with Gasteiger partial charge in [-0.1, -0.05) is 34.4 Å². The van der Waals surface area contributed by atoms with E-state index in [1.807, 2.05) is 22.6 Å². The van der Waals surface area contributed by atoms with Gasteiger partial charge in [0.1, 0.15) is 0 Å². The molecule has 0 fully saturated rings. The standard InChI is InChI=1S/C18H11Cl2F3INO3/c1-27-16(26)13-3-2-9(4-14(13)24)15-8-17(28-25-15,18(21,22)23)10-5-11(19)7-12(20)6-10/h2-7H,8H2,1H3. The van der Waals surface area contributed by atoms with E-state index in [1.54, 1.807) is 6.07 Å². The molecule has 0 amide bonds. The monoisotopic (exact) mass is 543 g/mol. The number of hydrogen-bond donors (Lipinski definition) is 0. The first-order valence-electron chi connectivity index (χ1n) is 7.74. The maximum Gasteiger partial charge on any atom is 0.435 e. The summed E-state index contributed by atoms with van der Waals surface area (Å²) < 4.78 is 47.2. The Labute approximate surface area is 181 Å². The third-order valence-corrected chi connectivity index (χ3v) is 5.55. The largest absolute Gasteiger partial charge is 0.465 e. The summed E-state index contributed by atoms with van der Waals surface area (Å²) in [6.07, 6.45) is -5.34. The first kappa shape index (κ1) is 21.2. The van der Waals surface area contributed by atoms with Gasteiger partial charge in [-0.2, -0.15) is 13.2 Å². The van der Waals surface area contributed by atoms with Gasteiger partial charge in [0.2, 0.25) is 0 Å². The highest BCUT2D eigenvalue weighted by Crippen LogP contribution is 2.49. The molecule has 1 aliphatic heterocycles. The van der Waals surface area contributed by atoms with Crippen LogP contribution in [0.4, 0.5) is 13.2 Å². The van der Waals surface area contributed by atoms with E-state index in [0.717, 1.165) is 12.1 Å². The fourth-order valence-electron chi connectivity index (χ4n) is 2.82. The second-order valence-corrected chi connectivity index (χ2v) is 8.01. The number of halogens is 6. The van der Waals surface area contributed by atoms with Gasteiger partial charge in [0.15, 0.2) is 0 Å². The zero-order valence-corrected chi connectivity index (χ0v) is 17.8. The Balaban J connectivity index is 2.00. The summed E-state index contributed by atoms with van der Waals surface area (Å²) in [7, 11) is 1.25. The number of rotatable bonds is 3. The lowest BCUT2D eigenvalue weighted by Gasteiger charge is -2.29. The molecule has 1 aliphatic rings. The molecule has 0 aliphatic carbocycles. The van der Waals surface area contributed by atoms with Crippen molar-refractivity contribution in [3.63, 3.8) is 0 Å². The summed E-state index contributed by atoms with van der Waals surface area (Å²) in [5.74, 6) is -0.543. The number of carbonyl (C=O) groups excluding carboxylic acids is 1. The highest BCUT2D eigenvalue weighted by molar-refractivity contribution is 14.1. The van der Waals surface area contributed by atoms with Gasteiger partial charge >= 0.3 is 12.1 Å². The maximum atomic E-state index is 14.0. The number of nitrogens with zero attached hydrogens (tertiary/aromatic N) is 1. The lowest BCUT2D eigenvalue weighted by Crippen LogP contribution is -2.42. The molecular weight excluding hydrogens is 533 g/mol. The molecule has 0 N–H and O–H groups in total. The average molecular weight is 544 g/mol. The zero-order chi connectivity index (χ0) is 20.7. The predicted molar refractivity (Wildman–Crippen MR) is 107 cm³/mol. The second kappa shape index (κ2) is 7.72. The van der Waals surface area contributed by atoms with E-state index >= 15 is 0 Å². The number of ether oxygens (including phenoxy) is 1. The van der Waals surface area contributed by atoms with Crippen LogP contribution in [0.5, 0.6) is 0 Å². The summed E-state index contributed by atoms with van der Waals surface area (Å²) in [5.41, 5.74) is -2.16. The van der Waals surface area contributed by atoms with Gasteiger partial charge in [0.25, 0.3) is 5.60 Å². The van der Waals surface area contributed by atoms with Gasteiger partial charge in [-0.15, -0.1) is 0 Å². The molecule has 10 heteroatoms. The highest BCUT2D eigenvalue weighted by atomic mass is 127. The van der Waals surface area contributed by atoms with Crippen LogP contribution in [0.2, 0.25) is 10.0 Å². The Morgan fingerprint density at radius 3 is 2.39 bits per heavy atom. The molecule has 3 rings (SSSR count). The molecule has 2 aromatic carbocycles. The summed E-state index contributed by atoms with van der Waals surface area (Å²) in [5, 5.41) is 3.80. The van der Waals surface area contributed by atoms with E-state index in [2.05, 4.69) is 9.89 Å². The number of alkyl halides is 3. The second-order valence-electron chi connectivity index (χ2n) is 5.98. The van der Waals surface area contributed by atoms with Crippen LogP contribution in [-0.2, 0) is 15.2 Å². The predicted octanol–water partition coefficient (Wildman–Crippen LogP) is 5.97. The van der Waals surface area contributed by atoms with E-state index in [0.29, 0.717) is 14.7 Å². The Hall–Kier alpha value is -1.52. The van der Waals surface area contributed by atoms with Crippen LogP contribution >= 0.6 is 45.8 Å². The van der Waals surface area contributed by atoms with Crippen molar-refractivity contribution < 1.29 is 27.5 Å². The van der Waals surface area contributed by atoms with Crippen molar-refractivity contribution in [2.45, 2.75) is 18.2 Å². The number of benzene rings is 2. The lowest BCUT2D eigenvalue weighted by atomic mass is 9.86. The molecule has 0 radical (unpaired) electrons. The molecule has 1 unspecified atom stereocenters. The van der Waals surface area contributed by atoms with Gasteiger partial charge in [0, 0.05) is 31.2 Å². The molecule has 0 saturated carbocycles. The van der Waals surface area contributed by atoms with Crippen molar-refractivity contribution in [2.75, 3.05) is 7.11 Å². The molecular formula is C18H11Cl2F3INO3. The Morgan fingerprint density at radius 2 is 1.86 bits per heavy atom. The summed E-state index contributed by atoms with van der Waals surface area (Å²) >= 11 is 13.7. The quantitative estimate of drug-likeness (QED) is 0.354. The molecule has 0 saturated heterocycles. The maximum absolute atomic E-state index is 14.0. The van der Waals surface area contributed by atoms with Crippen molar-refractivity contribution >= 4 is 57.5 Å². The van der Waals surface area contributed by atoms with Gasteiger partial charge in [0.05, 0.1) is 18.4 Å². The van der Waals surface area contributed by atoms with Crippen LogP contribution < -0.4 is 0 Å². The Kier molecular flexibility index (Phi) is 5.84. The van der Waals surface area contributed by atoms with E-state index in [9.17, 15) is 18.0 Å². The molecule has 1 heterocycles. The lowest BCUT2D eigenvalue weighted by molar-refractivity contribution is -0.275. The molecule has 0 spiro atoms. The summed E-state index contributed by atoms with van der Waals surface area (Å²) in [4.78, 5) is 16.7. The number of carbonyl (C=O) groups is 1.